The van der Waals surface area contributed by atoms with E-state index in [2.05, 4.69) is 17.9 Å². The molecule has 86 valence electrons. The molecule has 4 heteroatoms. The standard InChI is InChI=1S/C12H15NOS2/c14-12(13-10-5-6-16-8-10)7-9-1-3-11(15)4-2-9/h1-4,10,15H,5-8H2,(H,13,14). The summed E-state index contributed by atoms with van der Waals surface area (Å²) in [6.45, 7) is 0. The maximum absolute atomic E-state index is 11.7. The summed E-state index contributed by atoms with van der Waals surface area (Å²) >= 11 is 6.12. The lowest BCUT2D eigenvalue weighted by atomic mass is 10.1. The van der Waals surface area contributed by atoms with Crippen LogP contribution in [-0.4, -0.2) is 23.5 Å². The van der Waals surface area contributed by atoms with Crippen LogP contribution in [0.4, 0.5) is 0 Å². The molecular formula is C12H15NOS2. The van der Waals surface area contributed by atoms with E-state index < -0.39 is 0 Å². The van der Waals surface area contributed by atoms with Gasteiger partial charge in [0, 0.05) is 16.7 Å². The van der Waals surface area contributed by atoms with Gasteiger partial charge in [-0.1, -0.05) is 12.1 Å². The maximum Gasteiger partial charge on any atom is 0.224 e. The fourth-order valence-electron chi connectivity index (χ4n) is 1.73. The Hall–Kier alpha value is -0.610. The highest BCUT2D eigenvalue weighted by molar-refractivity contribution is 7.99. The van der Waals surface area contributed by atoms with Crippen molar-refractivity contribution in [3.63, 3.8) is 0 Å². The number of thiol groups is 1. The Balaban J connectivity index is 1.84. The van der Waals surface area contributed by atoms with Gasteiger partial charge >= 0.3 is 0 Å². The fraction of sp³-hybridized carbons (Fsp3) is 0.417. The average Bonchev–Trinajstić information content (AvgIpc) is 2.74. The molecule has 0 aromatic heterocycles. The number of hydrogen-bond acceptors (Lipinski definition) is 3. The molecular weight excluding hydrogens is 238 g/mol. The molecule has 1 aromatic rings. The van der Waals surface area contributed by atoms with Crippen LogP contribution in [-0.2, 0) is 11.2 Å². The van der Waals surface area contributed by atoms with Gasteiger partial charge in [-0.3, -0.25) is 4.79 Å². The Labute approximate surface area is 106 Å². The van der Waals surface area contributed by atoms with Crippen molar-refractivity contribution in [2.45, 2.75) is 23.8 Å². The lowest BCUT2D eigenvalue weighted by molar-refractivity contribution is -0.120. The molecule has 1 saturated heterocycles. The normalized spacial score (nSPS) is 19.7. The third-order valence-corrected chi connectivity index (χ3v) is 4.06. The average molecular weight is 253 g/mol. The summed E-state index contributed by atoms with van der Waals surface area (Å²) in [7, 11) is 0. The number of hydrogen-bond donors (Lipinski definition) is 2. The van der Waals surface area contributed by atoms with Crippen LogP contribution in [0.25, 0.3) is 0 Å². The lowest BCUT2D eigenvalue weighted by Crippen LogP contribution is -2.35. The Kier molecular flexibility index (Phi) is 4.18. The summed E-state index contributed by atoms with van der Waals surface area (Å²) in [4.78, 5) is 12.6. The Bertz CT molecular complexity index is 358. The zero-order chi connectivity index (χ0) is 11.4. The van der Waals surface area contributed by atoms with Gasteiger partial charge in [-0.2, -0.15) is 11.8 Å². The molecule has 2 rings (SSSR count). The smallest absolute Gasteiger partial charge is 0.224 e. The number of carbonyl (C=O) groups excluding carboxylic acids is 1. The molecule has 0 aliphatic carbocycles. The fourth-order valence-corrected chi connectivity index (χ4v) is 3.03. The largest absolute Gasteiger partial charge is 0.352 e. The van der Waals surface area contributed by atoms with Gasteiger partial charge in [0.05, 0.1) is 6.42 Å². The van der Waals surface area contributed by atoms with E-state index in [1.54, 1.807) is 0 Å². The number of thioether (sulfide) groups is 1. The Morgan fingerprint density at radius 1 is 1.44 bits per heavy atom. The third-order valence-electron chi connectivity index (χ3n) is 2.60. The van der Waals surface area contributed by atoms with Crippen LogP contribution in [0, 0.1) is 0 Å². The molecule has 2 nitrogen and oxygen atoms in total. The third kappa shape index (κ3) is 3.46. The number of benzene rings is 1. The highest BCUT2D eigenvalue weighted by Crippen LogP contribution is 2.17. The van der Waals surface area contributed by atoms with E-state index >= 15 is 0 Å². The van der Waals surface area contributed by atoms with Crippen molar-refractivity contribution in [2.75, 3.05) is 11.5 Å². The number of carbonyl (C=O) groups is 1. The van der Waals surface area contributed by atoms with Crippen LogP contribution in [0.5, 0.6) is 0 Å². The molecule has 0 saturated carbocycles. The molecule has 16 heavy (non-hydrogen) atoms. The van der Waals surface area contributed by atoms with Crippen LogP contribution in [0.2, 0.25) is 0 Å². The van der Waals surface area contributed by atoms with Gasteiger partial charge in [-0.05, 0) is 29.9 Å². The van der Waals surface area contributed by atoms with Crippen LogP contribution >= 0.6 is 24.4 Å². The first-order valence-corrected chi connectivity index (χ1v) is 6.99. The van der Waals surface area contributed by atoms with Gasteiger partial charge in [0.1, 0.15) is 0 Å². The second-order valence-electron chi connectivity index (χ2n) is 3.97. The summed E-state index contributed by atoms with van der Waals surface area (Å²) in [6.07, 6.45) is 1.57. The minimum atomic E-state index is 0.124. The van der Waals surface area contributed by atoms with E-state index in [0.717, 1.165) is 22.6 Å². The topological polar surface area (TPSA) is 29.1 Å². The van der Waals surface area contributed by atoms with Crippen molar-refractivity contribution in [3.8, 4) is 0 Å². The summed E-state index contributed by atoms with van der Waals surface area (Å²) in [5.41, 5.74) is 1.04. The van der Waals surface area contributed by atoms with Crippen LogP contribution in [0.1, 0.15) is 12.0 Å². The molecule has 1 heterocycles. The van der Waals surface area contributed by atoms with Gasteiger partial charge in [0.15, 0.2) is 0 Å². The minimum absolute atomic E-state index is 0.124. The zero-order valence-electron chi connectivity index (χ0n) is 8.98. The summed E-state index contributed by atoms with van der Waals surface area (Å²) in [6, 6.07) is 8.10. The van der Waals surface area contributed by atoms with Crippen molar-refractivity contribution < 1.29 is 4.79 Å². The van der Waals surface area contributed by atoms with Gasteiger partial charge < -0.3 is 5.32 Å². The maximum atomic E-state index is 11.7. The van der Waals surface area contributed by atoms with Crippen LogP contribution in [0.3, 0.4) is 0 Å². The molecule has 1 atom stereocenters. The van der Waals surface area contributed by atoms with E-state index in [9.17, 15) is 4.79 Å². The van der Waals surface area contributed by atoms with Gasteiger partial charge in [-0.15, -0.1) is 12.6 Å². The second-order valence-corrected chi connectivity index (χ2v) is 5.64. The van der Waals surface area contributed by atoms with E-state index in [1.807, 2.05) is 36.0 Å². The monoisotopic (exact) mass is 253 g/mol. The first kappa shape index (κ1) is 11.9. The molecule has 1 aliphatic heterocycles. The molecule has 1 amide bonds. The highest BCUT2D eigenvalue weighted by Gasteiger charge is 2.17. The quantitative estimate of drug-likeness (QED) is 0.808. The molecule has 1 fully saturated rings. The Morgan fingerprint density at radius 2 is 2.19 bits per heavy atom. The van der Waals surface area contributed by atoms with Gasteiger partial charge in [-0.25, -0.2) is 0 Å². The number of amides is 1. The van der Waals surface area contributed by atoms with Crippen molar-refractivity contribution in [2.24, 2.45) is 0 Å². The van der Waals surface area contributed by atoms with E-state index in [-0.39, 0.29) is 5.91 Å². The predicted molar refractivity (Wildman–Crippen MR) is 71.3 cm³/mol. The van der Waals surface area contributed by atoms with Crippen molar-refractivity contribution in [1.29, 1.82) is 0 Å². The van der Waals surface area contributed by atoms with Crippen molar-refractivity contribution in [1.82, 2.24) is 5.32 Å². The van der Waals surface area contributed by atoms with Gasteiger partial charge in [0.2, 0.25) is 5.91 Å². The summed E-state index contributed by atoms with van der Waals surface area (Å²) in [5.74, 6) is 2.35. The number of nitrogens with one attached hydrogen (secondary N) is 1. The molecule has 0 bridgehead atoms. The SMILES string of the molecule is O=C(Cc1ccc(S)cc1)NC1CCSC1. The molecule has 1 N–H and O–H groups in total. The molecule has 1 aliphatic rings. The predicted octanol–water partition coefficient (Wildman–Crippen LogP) is 2.14. The van der Waals surface area contributed by atoms with Crippen LogP contribution < -0.4 is 5.32 Å². The molecule has 1 aromatic carbocycles. The summed E-state index contributed by atoms with van der Waals surface area (Å²) in [5, 5.41) is 3.06. The molecule has 0 radical (unpaired) electrons. The van der Waals surface area contributed by atoms with Crippen molar-refractivity contribution >= 4 is 30.3 Å². The van der Waals surface area contributed by atoms with Crippen molar-refractivity contribution in [3.05, 3.63) is 29.8 Å². The highest BCUT2D eigenvalue weighted by atomic mass is 32.2. The molecule has 1 unspecified atom stereocenters. The zero-order valence-corrected chi connectivity index (χ0v) is 10.7. The Morgan fingerprint density at radius 3 is 2.81 bits per heavy atom. The number of rotatable bonds is 3. The summed E-state index contributed by atoms with van der Waals surface area (Å²) < 4.78 is 0. The van der Waals surface area contributed by atoms with E-state index in [1.165, 1.54) is 5.75 Å². The van der Waals surface area contributed by atoms with E-state index in [4.69, 9.17) is 0 Å². The van der Waals surface area contributed by atoms with Crippen LogP contribution in [0.15, 0.2) is 29.2 Å². The lowest BCUT2D eigenvalue weighted by Gasteiger charge is -2.11. The molecule has 0 spiro atoms. The minimum Gasteiger partial charge on any atom is -0.352 e. The first-order chi connectivity index (χ1) is 7.74. The van der Waals surface area contributed by atoms with E-state index in [0.29, 0.717) is 12.5 Å². The first-order valence-electron chi connectivity index (χ1n) is 5.39. The van der Waals surface area contributed by atoms with Gasteiger partial charge in [0.25, 0.3) is 0 Å². The second kappa shape index (κ2) is 5.64.